The molecule has 0 saturated carbocycles. The maximum atomic E-state index is 13.7. The van der Waals surface area contributed by atoms with Gasteiger partial charge >= 0.3 is 0 Å². The predicted octanol–water partition coefficient (Wildman–Crippen LogP) is 3.21. The van der Waals surface area contributed by atoms with E-state index in [0.29, 0.717) is 13.0 Å². The Morgan fingerprint density at radius 2 is 2.17 bits per heavy atom. The number of benzene rings is 1. The summed E-state index contributed by atoms with van der Waals surface area (Å²) >= 11 is 0. The standard InChI is InChI=1S/C19H27FN2O2/c1-18(2)13-19(9-5-10-21(19)17(23)8-11-24-3)14-22(18)16-7-4-6-15(20)12-16/h4,6-7,12H,5,8-11,13-14H2,1-3H3. The molecule has 1 aromatic rings. The Bertz CT molecular complexity index is 619. The van der Waals surface area contributed by atoms with Crippen LogP contribution in [0.3, 0.4) is 0 Å². The summed E-state index contributed by atoms with van der Waals surface area (Å²) in [6.45, 7) is 6.41. The van der Waals surface area contributed by atoms with Gasteiger partial charge in [-0.2, -0.15) is 0 Å². The molecule has 3 rings (SSSR count). The Kier molecular flexibility index (Phi) is 4.56. The van der Waals surface area contributed by atoms with Gasteiger partial charge in [0.2, 0.25) is 5.91 Å². The molecule has 2 fully saturated rings. The van der Waals surface area contributed by atoms with Crippen molar-refractivity contribution in [1.82, 2.24) is 4.90 Å². The molecule has 1 spiro atoms. The van der Waals surface area contributed by atoms with Gasteiger partial charge in [0.05, 0.1) is 18.6 Å². The molecule has 24 heavy (non-hydrogen) atoms. The maximum Gasteiger partial charge on any atom is 0.225 e. The number of amides is 1. The summed E-state index contributed by atoms with van der Waals surface area (Å²) in [4.78, 5) is 17.0. The highest BCUT2D eigenvalue weighted by Gasteiger charge is 2.54. The van der Waals surface area contributed by atoms with E-state index in [2.05, 4.69) is 23.6 Å². The van der Waals surface area contributed by atoms with Crippen molar-refractivity contribution in [2.45, 2.75) is 50.6 Å². The number of carbonyl (C=O) groups is 1. The van der Waals surface area contributed by atoms with Crippen LogP contribution in [0.15, 0.2) is 24.3 Å². The van der Waals surface area contributed by atoms with Crippen molar-refractivity contribution in [2.75, 3.05) is 31.7 Å². The first-order chi connectivity index (χ1) is 11.4. The summed E-state index contributed by atoms with van der Waals surface area (Å²) < 4.78 is 18.7. The minimum Gasteiger partial charge on any atom is -0.384 e. The second-order valence-electron chi connectivity index (χ2n) is 7.67. The number of ether oxygens (including phenoxy) is 1. The number of halogens is 1. The Labute approximate surface area is 143 Å². The number of nitrogens with zero attached hydrogens (tertiary/aromatic N) is 2. The number of anilines is 1. The number of hydrogen-bond acceptors (Lipinski definition) is 3. The molecule has 1 unspecified atom stereocenters. The van der Waals surface area contributed by atoms with Gasteiger partial charge in [-0.15, -0.1) is 0 Å². The normalized spacial score (nSPS) is 25.7. The van der Waals surface area contributed by atoms with Crippen LogP contribution in [-0.2, 0) is 9.53 Å². The van der Waals surface area contributed by atoms with Crippen molar-refractivity contribution in [3.63, 3.8) is 0 Å². The number of methoxy groups -OCH3 is 1. The SMILES string of the molecule is COCCC(=O)N1CCCC12CN(c1cccc(F)c1)C(C)(C)C2. The molecule has 1 atom stereocenters. The second kappa shape index (κ2) is 6.36. The van der Waals surface area contributed by atoms with E-state index in [0.717, 1.165) is 38.0 Å². The summed E-state index contributed by atoms with van der Waals surface area (Å²) in [7, 11) is 1.62. The molecular formula is C19H27FN2O2. The van der Waals surface area contributed by atoms with Crippen molar-refractivity contribution in [3.05, 3.63) is 30.1 Å². The van der Waals surface area contributed by atoms with Crippen molar-refractivity contribution >= 4 is 11.6 Å². The lowest BCUT2D eigenvalue weighted by molar-refractivity contribution is -0.135. The van der Waals surface area contributed by atoms with E-state index in [1.54, 1.807) is 19.2 Å². The zero-order chi connectivity index (χ0) is 17.4. The molecule has 1 amide bonds. The third kappa shape index (κ3) is 3.02. The topological polar surface area (TPSA) is 32.8 Å². The fraction of sp³-hybridized carbons (Fsp3) is 0.632. The van der Waals surface area contributed by atoms with E-state index >= 15 is 0 Å². The Balaban J connectivity index is 1.86. The molecular weight excluding hydrogens is 307 g/mol. The lowest BCUT2D eigenvalue weighted by atomic mass is 9.87. The molecule has 132 valence electrons. The van der Waals surface area contributed by atoms with Gasteiger partial charge in [-0.05, 0) is 51.3 Å². The highest BCUT2D eigenvalue weighted by molar-refractivity contribution is 5.78. The van der Waals surface area contributed by atoms with Gasteiger partial charge in [0.15, 0.2) is 0 Å². The maximum absolute atomic E-state index is 13.7. The highest BCUT2D eigenvalue weighted by atomic mass is 19.1. The molecule has 0 bridgehead atoms. The average molecular weight is 334 g/mol. The van der Waals surface area contributed by atoms with Gasteiger partial charge in [-0.1, -0.05) is 6.07 Å². The molecule has 2 saturated heterocycles. The van der Waals surface area contributed by atoms with Crippen molar-refractivity contribution in [3.8, 4) is 0 Å². The molecule has 5 heteroatoms. The third-order valence-electron chi connectivity index (χ3n) is 5.48. The van der Waals surface area contributed by atoms with Crippen molar-refractivity contribution < 1.29 is 13.9 Å². The van der Waals surface area contributed by atoms with Crippen LogP contribution in [0.2, 0.25) is 0 Å². The summed E-state index contributed by atoms with van der Waals surface area (Å²) in [6.07, 6.45) is 3.39. The molecule has 0 aromatic heterocycles. The molecule has 0 aliphatic carbocycles. The summed E-state index contributed by atoms with van der Waals surface area (Å²) in [5.74, 6) is -0.0464. The van der Waals surface area contributed by atoms with Gasteiger partial charge in [0.1, 0.15) is 5.82 Å². The monoisotopic (exact) mass is 334 g/mol. The Morgan fingerprint density at radius 1 is 1.38 bits per heavy atom. The predicted molar refractivity (Wildman–Crippen MR) is 92.6 cm³/mol. The van der Waals surface area contributed by atoms with Crippen LogP contribution in [0, 0.1) is 5.82 Å². The van der Waals surface area contributed by atoms with Gasteiger partial charge in [0, 0.05) is 31.4 Å². The minimum atomic E-state index is -0.219. The van der Waals surface area contributed by atoms with Crippen molar-refractivity contribution in [1.29, 1.82) is 0 Å². The van der Waals surface area contributed by atoms with Gasteiger partial charge in [-0.25, -0.2) is 4.39 Å². The second-order valence-corrected chi connectivity index (χ2v) is 7.67. The van der Waals surface area contributed by atoms with E-state index in [4.69, 9.17) is 4.74 Å². The number of likely N-dealkylation sites (tertiary alicyclic amines) is 1. The number of rotatable bonds is 4. The third-order valence-corrected chi connectivity index (χ3v) is 5.48. The minimum absolute atomic E-state index is 0.113. The van der Waals surface area contributed by atoms with E-state index in [9.17, 15) is 9.18 Å². The quantitative estimate of drug-likeness (QED) is 0.848. The van der Waals surface area contributed by atoms with Crippen LogP contribution in [-0.4, -0.2) is 48.7 Å². The van der Waals surface area contributed by atoms with Crippen LogP contribution in [0.4, 0.5) is 10.1 Å². The largest absolute Gasteiger partial charge is 0.384 e. The number of carbonyl (C=O) groups excluding carboxylic acids is 1. The molecule has 4 nitrogen and oxygen atoms in total. The first-order valence-corrected chi connectivity index (χ1v) is 8.71. The van der Waals surface area contributed by atoms with Gasteiger partial charge in [0.25, 0.3) is 0 Å². The molecule has 0 N–H and O–H groups in total. The Hall–Kier alpha value is -1.62. The van der Waals surface area contributed by atoms with Crippen LogP contribution in [0.25, 0.3) is 0 Å². The number of hydrogen-bond donors (Lipinski definition) is 0. The zero-order valence-electron chi connectivity index (χ0n) is 14.8. The molecule has 2 aliphatic rings. The Morgan fingerprint density at radius 3 is 2.88 bits per heavy atom. The van der Waals surface area contributed by atoms with Gasteiger partial charge < -0.3 is 14.5 Å². The first-order valence-electron chi connectivity index (χ1n) is 8.71. The van der Waals surface area contributed by atoms with Crippen LogP contribution >= 0.6 is 0 Å². The van der Waals surface area contributed by atoms with E-state index in [-0.39, 0.29) is 22.8 Å². The lowest BCUT2D eigenvalue weighted by Gasteiger charge is -2.35. The van der Waals surface area contributed by atoms with E-state index < -0.39 is 0 Å². The first kappa shape index (κ1) is 17.2. The molecule has 2 aliphatic heterocycles. The molecule has 0 radical (unpaired) electrons. The van der Waals surface area contributed by atoms with Crippen LogP contribution in [0.5, 0.6) is 0 Å². The van der Waals surface area contributed by atoms with Crippen molar-refractivity contribution in [2.24, 2.45) is 0 Å². The zero-order valence-corrected chi connectivity index (χ0v) is 14.8. The summed E-state index contributed by atoms with van der Waals surface area (Å²) in [5.41, 5.74) is 0.645. The van der Waals surface area contributed by atoms with Crippen LogP contribution < -0.4 is 4.90 Å². The molecule has 2 heterocycles. The van der Waals surface area contributed by atoms with Crippen LogP contribution in [0.1, 0.15) is 39.5 Å². The van der Waals surface area contributed by atoms with E-state index in [1.165, 1.54) is 6.07 Å². The molecule has 1 aromatic carbocycles. The van der Waals surface area contributed by atoms with Gasteiger partial charge in [-0.3, -0.25) is 4.79 Å². The summed E-state index contributed by atoms with van der Waals surface area (Å²) in [6, 6.07) is 6.77. The highest BCUT2D eigenvalue weighted by Crippen LogP contribution is 2.47. The lowest BCUT2D eigenvalue weighted by Crippen LogP contribution is -2.49. The fourth-order valence-electron chi connectivity index (χ4n) is 4.55. The fourth-order valence-corrected chi connectivity index (χ4v) is 4.55. The average Bonchev–Trinajstić information content (AvgIpc) is 3.05. The smallest absolute Gasteiger partial charge is 0.225 e. The van der Waals surface area contributed by atoms with E-state index in [1.807, 2.05) is 6.07 Å². The summed E-state index contributed by atoms with van der Waals surface area (Å²) in [5, 5.41) is 0.